The van der Waals surface area contributed by atoms with E-state index in [-0.39, 0.29) is 0 Å². The highest BCUT2D eigenvalue weighted by atomic mass is 16.5. The van der Waals surface area contributed by atoms with E-state index in [4.69, 9.17) is 9.72 Å². The lowest BCUT2D eigenvalue weighted by Gasteiger charge is -2.23. The van der Waals surface area contributed by atoms with Crippen molar-refractivity contribution >= 4 is 11.6 Å². The molecular formula is C21H27N5O. The van der Waals surface area contributed by atoms with E-state index >= 15 is 0 Å². The van der Waals surface area contributed by atoms with Crippen molar-refractivity contribution in [1.29, 1.82) is 0 Å². The summed E-state index contributed by atoms with van der Waals surface area (Å²) in [5.41, 5.74) is 4.40. The number of aromatic nitrogens is 2. The summed E-state index contributed by atoms with van der Waals surface area (Å²) in [4.78, 5) is 11.2. The molecule has 0 amide bonds. The van der Waals surface area contributed by atoms with Crippen molar-refractivity contribution in [1.82, 2.24) is 19.6 Å². The Balaban J connectivity index is 1.59. The molecule has 0 aliphatic heterocycles. The van der Waals surface area contributed by atoms with E-state index in [9.17, 15) is 0 Å². The Morgan fingerprint density at radius 2 is 2.07 bits per heavy atom. The third-order valence-electron chi connectivity index (χ3n) is 4.57. The van der Waals surface area contributed by atoms with Gasteiger partial charge in [0.2, 0.25) is 0 Å². The summed E-state index contributed by atoms with van der Waals surface area (Å²) in [5.74, 6) is 1.74. The van der Waals surface area contributed by atoms with E-state index in [1.165, 1.54) is 5.56 Å². The zero-order valence-electron chi connectivity index (χ0n) is 16.4. The molecule has 0 spiro atoms. The van der Waals surface area contributed by atoms with Gasteiger partial charge in [-0.1, -0.05) is 24.3 Å². The molecule has 0 atom stereocenters. The third-order valence-corrected chi connectivity index (χ3v) is 4.57. The second-order valence-electron chi connectivity index (χ2n) is 6.55. The summed E-state index contributed by atoms with van der Waals surface area (Å²) in [6, 6.07) is 12.2. The number of methoxy groups -OCH3 is 1. The van der Waals surface area contributed by atoms with Gasteiger partial charge in [-0.15, -0.1) is 0 Å². The zero-order valence-corrected chi connectivity index (χ0v) is 16.4. The van der Waals surface area contributed by atoms with Crippen LogP contribution in [-0.4, -0.2) is 48.0 Å². The lowest BCUT2D eigenvalue weighted by Crippen LogP contribution is -2.39. The maximum Gasteiger partial charge on any atom is 0.193 e. The Morgan fingerprint density at radius 3 is 2.81 bits per heavy atom. The van der Waals surface area contributed by atoms with Crippen molar-refractivity contribution < 1.29 is 4.74 Å². The molecule has 0 bridgehead atoms. The standard InChI is InChI=1S/C21H27N5O/c1-16-8-7-13-26-15-18(24-20(16)26)11-12-23-21(22-2)25(3)14-17-9-5-6-10-19(17)27-4/h5-10,13,15H,11-12,14H2,1-4H3,(H,22,23). The molecule has 6 heteroatoms. The molecular weight excluding hydrogens is 338 g/mol. The van der Waals surface area contributed by atoms with E-state index < -0.39 is 0 Å². The Bertz CT molecular complexity index is 931. The second kappa shape index (κ2) is 8.58. The van der Waals surface area contributed by atoms with Crippen LogP contribution in [0, 0.1) is 6.92 Å². The number of pyridine rings is 1. The number of fused-ring (bicyclic) bond motifs is 1. The van der Waals surface area contributed by atoms with E-state index in [0.717, 1.165) is 48.1 Å². The summed E-state index contributed by atoms with van der Waals surface area (Å²) in [6.07, 6.45) is 4.96. The molecule has 27 heavy (non-hydrogen) atoms. The lowest BCUT2D eigenvalue weighted by molar-refractivity contribution is 0.396. The second-order valence-corrected chi connectivity index (χ2v) is 6.55. The molecule has 0 unspecified atom stereocenters. The normalized spacial score (nSPS) is 11.6. The number of rotatable bonds is 6. The van der Waals surface area contributed by atoms with Crippen molar-refractivity contribution in [2.24, 2.45) is 4.99 Å². The fraction of sp³-hybridized carbons (Fsp3) is 0.333. The van der Waals surface area contributed by atoms with Crippen LogP contribution in [0.15, 0.2) is 53.8 Å². The Kier molecular flexibility index (Phi) is 5.96. The smallest absolute Gasteiger partial charge is 0.193 e. The van der Waals surface area contributed by atoms with Gasteiger partial charge in [0.1, 0.15) is 11.4 Å². The van der Waals surface area contributed by atoms with Gasteiger partial charge >= 0.3 is 0 Å². The van der Waals surface area contributed by atoms with E-state index in [2.05, 4.69) is 44.9 Å². The van der Waals surface area contributed by atoms with Crippen LogP contribution < -0.4 is 10.1 Å². The van der Waals surface area contributed by atoms with Gasteiger partial charge in [-0.05, 0) is 24.6 Å². The molecule has 1 N–H and O–H groups in total. The number of ether oxygens (including phenoxy) is 1. The summed E-state index contributed by atoms with van der Waals surface area (Å²) >= 11 is 0. The van der Waals surface area contributed by atoms with Crippen molar-refractivity contribution in [2.45, 2.75) is 19.9 Å². The number of benzene rings is 1. The lowest BCUT2D eigenvalue weighted by atomic mass is 10.2. The van der Waals surface area contributed by atoms with Gasteiger partial charge in [0, 0.05) is 51.6 Å². The summed E-state index contributed by atoms with van der Waals surface area (Å²) < 4.78 is 7.52. The van der Waals surface area contributed by atoms with Gasteiger partial charge in [-0.3, -0.25) is 4.99 Å². The molecule has 3 aromatic rings. The number of aliphatic imine (C=N–C) groups is 1. The third kappa shape index (κ3) is 4.39. The van der Waals surface area contributed by atoms with Gasteiger partial charge in [-0.25, -0.2) is 4.98 Å². The molecule has 0 radical (unpaired) electrons. The Hall–Kier alpha value is -3.02. The number of hydrogen-bond acceptors (Lipinski definition) is 3. The molecule has 142 valence electrons. The SMILES string of the molecule is CN=C(NCCc1cn2cccc(C)c2n1)N(C)Cc1ccccc1OC. The maximum absolute atomic E-state index is 5.44. The highest BCUT2D eigenvalue weighted by Gasteiger charge is 2.10. The van der Waals surface area contributed by atoms with Crippen LogP contribution in [0.25, 0.3) is 5.65 Å². The minimum Gasteiger partial charge on any atom is -0.496 e. The first-order chi connectivity index (χ1) is 13.1. The number of guanidine groups is 1. The van der Waals surface area contributed by atoms with Gasteiger partial charge < -0.3 is 19.4 Å². The molecule has 1 aromatic carbocycles. The Morgan fingerprint density at radius 1 is 1.26 bits per heavy atom. The summed E-state index contributed by atoms with van der Waals surface area (Å²) in [5, 5.41) is 3.42. The Labute approximate surface area is 160 Å². The molecule has 0 saturated carbocycles. The number of imidazole rings is 1. The van der Waals surface area contributed by atoms with E-state index in [1.54, 1.807) is 14.2 Å². The zero-order chi connectivity index (χ0) is 19.2. The molecule has 3 rings (SSSR count). The molecule has 0 fully saturated rings. The van der Waals surface area contributed by atoms with Gasteiger partial charge in [-0.2, -0.15) is 0 Å². The van der Waals surface area contributed by atoms with Crippen LogP contribution in [0.3, 0.4) is 0 Å². The summed E-state index contributed by atoms with van der Waals surface area (Å²) in [6.45, 7) is 3.57. The largest absolute Gasteiger partial charge is 0.496 e. The first-order valence-electron chi connectivity index (χ1n) is 9.09. The van der Waals surface area contributed by atoms with Gasteiger partial charge in [0.25, 0.3) is 0 Å². The quantitative estimate of drug-likeness (QED) is 0.539. The number of nitrogens with zero attached hydrogens (tertiary/aromatic N) is 4. The van der Waals surface area contributed by atoms with Crippen LogP contribution >= 0.6 is 0 Å². The van der Waals surface area contributed by atoms with Crippen molar-refractivity contribution in [2.75, 3.05) is 27.7 Å². The first kappa shape index (κ1) is 18.8. The fourth-order valence-electron chi connectivity index (χ4n) is 3.18. The minimum atomic E-state index is 0.719. The average molecular weight is 365 g/mol. The highest BCUT2D eigenvalue weighted by molar-refractivity contribution is 5.79. The van der Waals surface area contributed by atoms with Crippen molar-refractivity contribution in [3.8, 4) is 5.75 Å². The monoisotopic (exact) mass is 365 g/mol. The predicted molar refractivity (Wildman–Crippen MR) is 109 cm³/mol. The molecule has 0 saturated heterocycles. The van der Waals surface area contributed by atoms with E-state index in [1.807, 2.05) is 37.5 Å². The van der Waals surface area contributed by atoms with Crippen LogP contribution in [0.2, 0.25) is 0 Å². The van der Waals surface area contributed by atoms with Crippen LogP contribution in [0.4, 0.5) is 0 Å². The number of aryl methyl sites for hydroxylation is 1. The predicted octanol–water partition coefficient (Wildman–Crippen LogP) is 2.90. The number of nitrogens with one attached hydrogen (secondary N) is 1. The van der Waals surface area contributed by atoms with Crippen LogP contribution in [0.1, 0.15) is 16.8 Å². The molecule has 0 aliphatic rings. The fourth-order valence-corrected chi connectivity index (χ4v) is 3.18. The molecule has 0 aliphatic carbocycles. The number of para-hydroxylation sites is 1. The maximum atomic E-state index is 5.44. The molecule has 2 aromatic heterocycles. The summed E-state index contributed by atoms with van der Waals surface area (Å²) in [7, 11) is 5.52. The average Bonchev–Trinajstić information content (AvgIpc) is 3.10. The molecule has 2 heterocycles. The topological polar surface area (TPSA) is 54.2 Å². The first-order valence-corrected chi connectivity index (χ1v) is 9.09. The van der Waals surface area contributed by atoms with Crippen LogP contribution in [-0.2, 0) is 13.0 Å². The minimum absolute atomic E-state index is 0.719. The van der Waals surface area contributed by atoms with Crippen LogP contribution in [0.5, 0.6) is 5.75 Å². The van der Waals surface area contributed by atoms with Gasteiger partial charge in [0.15, 0.2) is 5.96 Å². The van der Waals surface area contributed by atoms with Crippen molar-refractivity contribution in [3.63, 3.8) is 0 Å². The molecule has 6 nitrogen and oxygen atoms in total. The van der Waals surface area contributed by atoms with Crippen molar-refractivity contribution in [3.05, 3.63) is 65.6 Å². The highest BCUT2D eigenvalue weighted by Crippen LogP contribution is 2.18. The van der Waals surface area contributed by atoms with E-state index in [0.29, 0.717) is 0 Å². The van der Waals surface area contributed by atoms with Gasteiger partial charge in [0.05, 0.1) is 12.8 Å². The number of hydrogen-bond donors (Lipinski definition) is 1.